The molecule has 0 aliphatic carbocycles. The molecular weight excluding hydrogens is 703 g/mol. The van der Waals surface area contributed by atoms with E-state index in [0.29, 0.717) is 53.5 Å². The standard InChI is InChI=1S/C33H29BrCl2N2O6S/c1-17(2)44-32(40)29-18(3)37-33-38(30(29)23-14-21(34)8-11-25(23)41-4)31(39)28(45-33)13-19-6-10-26(27(12-19)42-5)43-16-20-7-9-22(35)15-24(20)36/h6-15,17,30H,16H2,1-5H3/b28-13-/t30-/m0/s1. The first-order valence-corrected chi connectivity index (χ1v) is 16.2. The van der Waals surface area contributed by atoms with Crippen LogP contribution < -0.4 is 29.1 Å². The van der Waals surface area contributed by atoms with Gasteiger partial charge in [0.25, 0.3) is 5.56 Å². The number of hydrogen-bond acceptors (Lipinski definition) is 8. The molecule has 234 valence electrons. The normalized spacial score (nSPS) is 14.7. The van der Waals surface area contributed by atoms with Crippen molar-refractivity contribution >= 4 is 62.5 Å². The number of nitrogens with zero attached hydrogens (tertiary/aromatic N) is 2. The number of aromatic nitrogens is 1. The fourth-order valence-electron chi connectivity index (χ4n) is 4.91. The zero-order valence-corrected chi connectivity index (χ0v) is 28.9. The number of methoxy groups -OCH3 is 2. The van der Waals surface area contributed by atoms with Crippen molar-refractivity contribution < 1.29 is 23.7 Å². The molecule has 5 rings (SSSR count). The molecule has 4 aromatic rings. The van der Waals surface area contributed by atoms with Crippen molar-refractivity contribution in [1.29, 1.82) is 0 Å². The highest BCUT2D eigenvalue weighted by atomic mass is 79.9. The van der Waals surface area contributed by atoms with Gasteiger partial charge in [-0.25, -0.2) is 9.79 Å². The number of benzene rings is 3. The molecule has 0 amide bonds. The fraction of sp³-hybridized carbons (Fsp3) is 0.242. The predicted octanol–water partition coefficient (Wildman–Crippen LogP) is 6.85. The minimum absolute atomic E-state index is 0.213. The van der Waals surface area contributed by atoms with Gasteiger partial charge in [-0.2, -0.15) is 0 Å². The van der Waals surface area contributed by atoms with Gasteiger partial charge in [0, 0.05) is 25.6 Å². The van der Waals surface area contributed by atoms with Crippen LogP contribution in [0.15, 0.2) is 80.1 Å². The molecule has 1 atom stereocenters. The van der Waals surface area contributed by atoms with Gasteiger partial charge in [0.1, 0.15) is 18.4 Å². The average molecular weight is 732 g/mol. The quantitative estimate of drug-likeness (QED) is 0.175. The van der Waals surface area contributed by atoms with E-state index in [2.05, 4.69) is 20.9 Å². The van der Waals surface area contributed by atoms with Crippen LogP contribution in [-0.4, -0.2) is 30.9 Å². The van der Waals surface area contributed by atoms with Crippen LogP contribution >= 0.6 is 50.5 Å². The van der Waals surface area contributed by atoms with E-state index in [-0.39, 0.29) is 23.8 Å². The summed E-state index contributed by atoms with van der Waals surface area (Å²) >= 11 is 17.1. The monoisotopic (exact) mass is 730 g/mol. The Morgan fingerprint density at radius 2 is 1.78 bits per heavy atom. The molecule has 1 aliphatic heterocycles. The maximum Gasteiger partial charge on any atom is 0.338 e. The van der Waals surface area contributed by atoms with E-state index in [1.807, 2.05) is 18.2 Å². The number of halogens is 3. The smallest absolute Gasteiger partial charge is 0.338 e. The second-order valence-corrected chi connectivity index (χ2v) is 13.1. The minimum atomic E-state index is -0.827. The van der Waals surface area contributed by atoms with Crippen LogP contribution in [0.2, 0.25) is 10.0 Å². The molecular formula is C33H29BrCl2N2O6S. The van der Waals surface area contributed by atoms with Crippen LogP contribution in [0.4, 0.5) is 0 Å². The lowest BCUT2D eigenvalue weighted by molar-refractivity contribution is -0.143. The Morgan fingerprint density at radius 3 is 2.47 bits per heavy atom. The van der Waals surface area contributed by atoms with Crippen molar-refractivity contribution in [2.45, 2.75) is 39.5 Å². The van der Waals surface area contributed by atoms with E-state index in [1.54, 1.807) is 77.5 Å². The molecule has 0 bridgehead atoms. The summed E-state index contributed by atoms with van der Waals surface area (Å²) in [6.07, 6.45) is 1.39. The van der Waals surface area contributed by atoms with Crippen LogP contribution in [0.3, 0.4) is 0 Å². The summed E-state index contributed by atoms with van der Waals surface area (Å²) in [5.41, 5.74) is 2.52. The zero-order chi connectivity index (χ0) is 32.4. The third-order valence-electron chi connectivity index (χ3n) is 6.95. The Kier molecular flexibility index (Phi) is 10.1. The first-order valence-electron chi connectivity index (χ1n) is 13.8. The van der Waals surface area contributed by atoms with Crippen molar-refractivity contribution in [2.75, 3.05) is 14.2 Å². The summed E-state index contributed by atoms with van der Waals surface area (Å²) < 4.78 is 25.6. The number of ether oxygens (including phenoxy) is 4. The summed E-state index contributed by atoms with van der Waals surface area (Å²) in [5.74, 6) is 0.955. The van der Waals surface area contributed by atoms with E-state index in [1.165, 1.54) is 15.9 Å². The van der Waals surface area contributed by atoms with Gasteiger partial charge in [0.05, 0.1) is 36.1 Å². The summed E-state index contributed by atoms with van der Waals surface area (Å²) in [6, 6.07) is 15.2. The molecule has 0 saturated carbocycles. The Labute approximate surface area is 282 Å². The van der Waals surface area contributed by atoms with Gasteiger partial charge < -0.3 is 18.9 Å². The van der Waals surface area contributed by atoms with Crippen molar-refractivity contribution in [3.05, 3.63) is 117 Å². The van der Waals surface area contributed by atoms with E-state index in [0.717, 1.165) is 10.0 Å². The molecule has 2 heterocycles. The van der Waals surface area contributed by atoms with Crippen LogP contribution in [0.5, 0.6) is 17.2 Å². The molecule has 8 nitrogen and oxygen atoms in total. The number of carbonyl (C=O) groups is 1. The van der Waals surface area contributed by atoms with Gasteiger partial charge in [-0.1, -0.05) is 62.6 Å². The Balaban J connectivity index is 1.58. The zero-order valence-electron chi connectivity index (χ0n) is 25.0. The number of allylic oxidation sites excluding steroid dienone is 1. The molecule has 0 radical (unpaired) electrons. The number of esters is 1. The molecule has 12 heteroatoms. The fourth-order valence-corrected chi connectivity index (χ4v) is 6.80. The van der Waals surface area contributed by atoms with Gasteiger partial charge in [-0.3, -0.25) is 9.36 Å². The maximum atomic E-state index is 14.1. The first-order chi connectivity index (χ1) is 21.5. The summed E-state index contributed by atoms with van der Waals surface area (Å²) in [7, 11) is 3.09. The molecule has 0 fully saturated rings. The Hall–Kier alpha value is -3.57. The lowest BCUT2D eigenvalue weighted by atomic mass is 9.95. The van der Waals surface area contributed by atoms with Gasteiger partial charge in [0.15, 0.2) is 16.3 Å². The van der Waals surface area contributed by atoms with Crippen molar-refractivity contribution in [2.24, 2.45) is 4.99 Å². The number of rotatable bonds is 9. The van der Waals surface area contributed by atoms with Gasteiger partial charge >= 0.3 is 5.97 Å². The predicted molar refractivity (Wildman–Crippen MR) is 179 cm³/mol. The summed E-state index contributed by atoms with van der Waals surface area (Å²) in [6.45, 7) is 5.50. The minimum Gasteiger partial charge on any atom is -0.496 e. The number of carbonyl (C=O) groups excluding carboxylic acids is 1. The molecule has 0 unspecified atom stereocenters. The van der Waals surface area contributed by atoms with Gasteiger partial charge in [0.2, 0.25) is 0 Å². The van der Waals surface area contributed by atoms with Crippen LogP contribution in [-0.2, 0) is 16.1 Å². The van der Waals surface area contributed by atoms with Crippen molar-refractivity contribution in [3.63, 3.8) is 0 Å². The molecule has 45 heavy (non-hydrogen) atoms. The van der Waals surface area contributed by atoms with Gasteiger partial charge in [-0.05, 0) is 74.9 Å². The second-order valence-electron chi connectivity index (χ2n) is 10.4. The van der Waals surface area contributed by atoms with E-state index in [4.69, 9.17) is 42.1 Å². The SMILES string of the molecule is COc1cc(/C=c2\sc3n(c2=O)[C@@H](c2cc(Br)ccc2OC)C(C(=O)OC(C)C)=C(C)N=3)ccc1OCc1ccc(Cl)cc1Cl. The van der Waals surface area contributed by atoms with Crippen LogP contribution in [0.25, 0.3) is 6.08 Å². The lowest BCUT2D eigenvalue weighted by Crippen LogP contribution is -2.40. The van der Waals surface area contributed by atoms with Crippen molar-refractivity contribution in [3.8, 4) is 17.2 Å². The largest absolute Gasteiger partial charge is 0.496 e. The Morgan fingerprint density at radius 1 is 1.04 bits per heavy atom. The second kappa shape index (κ2) is 13.8. The Bertz CT molecular complexity index is 2000. The summed E-state index contributed by atoms with van der Waals surface area (Å²) in [5, 5.41) is 1.04. The highest BCUT2D eigenvalue weighted by molar-refractivity contribution is 9.10. The highest BCUT2D eigenvalue weighted by Gasteiger charge is 2.35. The highest BCUT2D eigenvalue weighted by Crippen LogP contribution is 2.37. The van der Waals surface area contributed by atoms with E-state index < -0.39 is 12.0 Å². The van der Waals surface area contributed by atoms with E-state index >= 15 is 0 Å². The molecule has 1 aromatic heterocycles. The van der Waals surface area contributed by atoms with Crippen molar-refractivity contribution in [1.82, 2.24) is 4.57 Å². The maximum absolute atomic E-state index is 14.1. The van der Waals surface area contributed by atoms with Crippen LogP contribution in [0, 0.1) is 0 Å². The molecule has 1 aliphatic rings. The summed E-state index contributed by atoms with van der Waals surface area (Å²) in [4.78, 5) is 32.6. The third kappa shape index (κ3) is 6.99. The topological polar surface area (TPSA) is 88.4 Å². The van der Waals surface area contributed by atoms with E-state index in [9.17, 15) is 9.59 Å². The average Bonchev–Trinajstić information content (AvgIpc) is 3.29. The first kappa shape index (κ1) is 32.8. The van der Waals surface area contributed by atoms with Crippen LogP contribution in [0.1, 0.15) is 43.5 Å². The number of hydrogen-bond donors (Lipinski definition) is 0. The third-order valence-corrected chi connectivity index (χ3v) is 9.02. The molecule has 0 N–H and O–H groups in total. The number of thiazole rings is 1. The lowest BCUT2D eigenvalue weighted by Gasteiger charge is -2.26. The molecule has 0 saturated heterocycles. The molecule has 3 aromatic carbocycles. The number of fused-ring (bicyclic) bond motifs is 1. The molecule has 0 spiro atoms. The van der Waals surface area contributed by atoms with Gasteiger partial charge in [-0.15, -0.1) is 0 Å².